The summed E-state index contributed by atoms with van der Waals surface area (Å²) in [6, 6.07) is 23.9. The van der Waals surface area contributed by atoms with Crippen LogP contribution in [0.5, 0.6) is 5.75 Å². The van der Waals surface area contributed by atoms with Gasteiger partial charge in [-0.3, -0.25) is 0 Å². The number of hydrogen-bond acceptors (Lipinski definition) is 3. The van der Waals surface area contributed by atoms with E-state index in [1.807, 2.05) is 6.92 Å². The number of para-hydroxylation sites is 1. The zero-order valence-electron chi connectivity index (χ0n) is 19.0. The first-order valence-corrected chi connectivity index (χ1v) is 10.8. The number of aromatic amines is 1. The molecule has 3 aromatic carbocycles. The smallest absolute Gasteiger partial charge is 0.125 e. The summed E-state index contributed by atoms with van der Waals surface area (Å²) in [5.41, 5.74) is 7.15. The van der Waals surface area contributed by atoms with Crippen LogP contribution in [-0.4, -0.2) is 39.8 Å². The second-order valence-corrected chi connectivity index (χ2v) is 8.26. The summed E-state index contributed by atoms with van der Waals surface area (Å²) in [4.78, 5) is 7.70. The fourth-order valence-electron chi connectivity index (χ4n) is 4.14. The second-order valence-electron chi connectivity index (χ2n) is 8.26. The van der Waals surface area contributed by atoms with E-state index < -0.39 is 0 Å². The fraction of sp³-hybridized carbons (Fsp3) is 0.259. The number of H-pyrrole nitrogens is 1. The van der Waals surface area contributed by atoms with Crippen LogP contribution < -0.4 is 14.5 Å². The molecule has 0 aliphatic rings. The van der Waals surface area contributed by atoms with Gasteiger partial charge in [-0.1, -0.05) is 36.4 Å². The minimum atomic E-state index is 0.0603. The van der Waals surface area contributed by atoms with Gasteiger partial charge in [0.05, 0.1) is 6.61 Å². The Labute approximate surface area is 185 Å². The van der Waals surface area contributed by atoms with Crippen LogP contribution in [0.15, 0.2) is 72.9 Å². The lowest BCUT2D eigenvalue weighted by atomic mass is 9.84. The molecule has 160 valence electrons. The summed E-state index contributed by atoms with van der Waals surface area (Å²) < 4.78 is 6.16. The van der Waals surface area contributed by atoms with Crippen molar-refractivity contribution in [2.24, 2.45) is 0 Å². The van der Waals surface area contributed by atoms with Gasteiger partial charge in [-0.2, -0.15) is 0 Å². The van der Waals surface area contributed by atoms with Crippen LogP contribution in [0.25, 0.3) is 10.9 Å². The first-order valence-electron chi connectivity index (χ1n) is 10.8. The average Bonchev–Trinajstić information content (AvgIpc) is 3.19. The molecule has 31 heavy (non-hydrogen) atoms. The quantitative estimate of drug-likeness (QED) is 0.411. The lowest BCUT2D eigenvalue weighted by Gasteiger charge is -2.24. The van der Waals surface area contributed by atoms with Crippen LogP contribution in [-0.2, 0) is 0 Å². The van der Waals surface area contributed by atoms with Crippen LogP contribution in [0.2, 0.25) is 0 Å². The number of ether oxygens (including phenoxy) is 1. The molecule has 0 amide bonds. The first kappa shape index (κ1) is 20.9. The summed E-state index contributed by atoms with van der Waals surface area (Å²) in [6.07, 6.45) is 2.14. The van der Waals surface area contributed by atoms with Crippen LogP contribution in [0.4, 0.5) is 11.4 Å². The van der Waals surface area contributed by atoms with E-state index in [9.17, 15) is 0 Å². The molecular formula is C27H31N3O. The van der Waals surface area contributed by atoms with Gasteiger partial charge in [-0.25, -0.2) is 0 Å². The Morgan fingerprint density at radius 2 is 1.48 bits per heavy atom. The molecule has 1 atom stereocenters. The molecule has 0 fully saturated rings. The van der Waals surface area contributed by atoms with E-state index >= 15 is 0 Å². The van der Waals surface area contributed by atoms with E-state index in [0.717, 1.165) is 17.0 Å². The molecule has 4 heteroatoms. The molecule has 1 heterocycles. The van der Waals surface area contributed by atoms with E-state index in [1.54, 1.807) is 0 Å². The SMILES string of the molecule is CCOc1cc(N(C)C)ccc1C(c1ccc(N(C)C)cc1)c1c[nH]c2ccccc12. The molecule has 0 radical (unpaired) electrons. The maximum atomic E-state index is 6.16. The zero-order chi connectivity index (χ0) is 22.0. The van der Waals surface area contributed by atoms with Crippen molar-refractivity contribution in [2.45, 2.75) is 12.8 Å². The number of benzene rings is 3. The molecule has 4 aromatic rings. The largest absolute Gasteiger partial charge is 0.493 e. The van der Waals surface area contributed by atoms with Crippen molar-refractivity contribution >= 4 is 22.3 Å². The Morgan fingerprint density at radius 1 is 0.806 bits per heavy atom. The molecule has 1 aromatic heterocycles. The van der Waals surface area contributed by atoms with Crippen molar-refractivity contribution in [1.82, 2.24) is 4.98 Å². The van der Waals surface area contributed by atoms with Gasteiger partial charge in [0, 0.05) is 74.2 Å². The summed E-state index contributed by atoms with van der Waals surface area (Å²) in [6.45, 7) is 2.67. The van der Waals surface area contributed by atoms with Gasteiger partial charge in [0.1, 0.15) is 5.75 Å². The number of nitrogens with zero attached hydrogens (tertiary/aromatic N) is 2. The number of hydrogen-bond donors (Lipinski definition) is 1. The molecule has 1 unspecified atom stereocenters. The molecule has 4 rings (SSSR count). The molecule has 0 bridgehead atoms. The minimum Gasteiger partial charge on any atom is -0.493 e. The Morgan fingerprint density at radius 3 is 2.16 bits per heavy atom. The second kappa shape index (κ2) is 8.76. The normalized spacial score (nSPS) is 12.0. The summed E-state index contributed by atoms with van der Waals surface area (Å²) in [7, 11) is 8.25. The molecular weight excluding hydrogens is 382 g/mol. The highest BCUT2D eigenvalue weighted by Crippen LogP contribution is 2.41. The summed E-state index contributed by atoms with van der Waals surface area (Å²) in [5, 5.41) is 1.24. The molecule has 4 nitrogen and oxygen atoms in total. The van der Waals surface area contributed by atoms with Crippen molar-refractivity contribution in [3.05, 3.63) is 89.6 Å². The van der Waals surface area contributed by atoms with E-state index in [0.29, 0.717) is 6.61 Å². The van der Waals surface area contributed by atoms with E-state index in [-0.39, 0.29) is 5.92 Å². The molecule has 0 saturated carbocycles. The average molecular weight is 414 g/mol. The van der Waals surface area contributed by atoms with Crippen molar-refractivity contribution in [3.63, 3.8) is 0 Å². The van der Waals surface area contributed by atoms with Gasteiger partial charge >= 0.3 is 0 Å². The predicted molar refractivity (Wildman–Crippen MR) is 132 cm³/mol. The third-order valence-electron chi connectivity index (χ3n) is 5.80. The fourth-order valence-corrected chi connectivity index (χ4v) is 4.14. The minimum absolute atomic E-state index is 0.0603. The zero-order valence-corrected chi connectivity index (χ0v) is 19.0. The lowest BCUT2D eigenvalue weighted by Crippen LogP contribution is -2.12. The highest BCUT2D eigenvalue weighted by atomic mass is 16.5. The van der Waals surface area contributed by atoms with Gasteiger partial charge in [0.25, 0.3) is 0 Å². The molecule has 1 N–H and O–H groups in total. The van der Waals surface area contributed by atoms with Gasteiger partial charge in [0.15, 0.2) is 0 Å². The Balaban J connectivity index is 1.93. The molecule has 0 spiro atoms. The summed E-state index contributed by atoms with van der Waals surface area (Å²) in [5.74, 6) is 0.991. The maximum Gasteiger partial charge on any atom is 0.125 e. The van der Waals surface area contributed by atoms with Crippen LogP contribution in [0.3, 0.4) is 0 Å². The van der Waals surface area contributed by atoms with Crippen LogP contribution in [0.1, 0.15) is 29.5 Å². The van der Waals surface area contributed by atoms with Gasteiger partial charge in [0.2, 0.25) is 0 Å². The highest BCUT2D eigenvalue weighted by Gasteiger charge is 2.24. The lowest BCUT2D eigenvalue weighted by molar-refractivity contribution is 0.336. The number of anilines is 2. The van der Waals surface area contributed by atoms with Crippen molar-refractivity contribution < 1.29 is 4.74 Å². The first-order chi connectivity index (χ1) is 15.0. The molecule has 0 saturated heterocycles. The van der Waals surface area contributed by atoms with E-state index in [4.69, 9.17) is 4.74 Å². The standard InChI is InChI=1S/C27H31N3O/c1-6-31-26-17-21(30(4)5)15-16-23(26)27(19-11-13-20(14-12-19)29(2)3)24-18-28-25-10-8-7-9-22(24)25/h7-18,27-28H,6H2,1-5H3. The third kappa shape index (κ3) is 4.11. The maximum absolute atomic E-state index is 6.16. The van der Waals surface area contributed by atoms with Crippen LogP contribution in [0, 0.1) is 0 Å². The van der Waals surface area contributed by atoms with E-state index in [1.165, 1.54) is 27.8 Å². The van der Waals surface area contributed by atoms with Crippen molar-refractivity contribution in [3.8, 4) is 5.75 Å². The Hall–Kier alpha value is -3.40. The van der Waals surface area contributed by atoms with Gasteiger partial charge < -0.3 is 19.5 Å². The van der Waals surface area contributed by atoms with Crippen molar-refractivity contribution in [2.75, 3.05) is 44.6 Å². The number of aromatic nitrogens is 1. The predicted octanol–water partition coefficient (Wildman–Crippen LogP) is 5.88. The number of fused-ring (bicyclic) bond motifs is 1. The van der Waals surface area contributed by atoms with Gasteiger partial charge in [-0.05, 0) is 42.3 Å². The molecule has 0 aliphatic heterocycles. The van der Waals surface area contributed by atoms with Crippen LogP contribution >= 0.6 is 0 Å². The Bertz CT molecular complexity index is 1160. The van der Waals surface area contributed by atoms with Crippen molar-refractivity contribution in [1.29, 1.82) is 0 Å². The number of nitrogens with one attached hydrogen (secondary N) is 1. The van der Waals surface area contributed by atoms with Gasteiger partial charge in [-0.15, -0.1) is 0 Å². The third-order valence-corrected chi connectivity index (χ3v) is 5.80. The molecule has 0 aliphatic carbocycles. The number of rotatable bonds is 7. The summed E-state index contributed by atoms with van der Waals surface area (Å²) >= 11 is 0. The van der Waals surface area contributed by atoms with E-state index in [2.05, 4.69) is 116 Å². The highest BCUT2D eigenvalue weighted by molar-refractivity contribution is 5.85. The topological polar surface area (TPSA) is 31.5 Å². The Kier molecular flexibility index (Phi) is 5.90. The monoisotopic (exact) mass is 413 g/mol.